The van der Waals surface area contributed by atoms with E-state index in [1.807, 2.05) is 0 Å². The van der Waals surface area contributed by atoms with Gasteiger partial charge in [-0.05, 0) is 36.4 Å². The smallest absolute Gasteiger partial charge is 0.300 e. The molecule has 4 rings (SSSR count). The molecule has 1 aliphatic rings. The van der Waals surface area contributed by atoms with Gasteiger partial charge in [-0.15, -0.1) is 0 Å². The Balaban J connectivity index is 1.94. The first kappa shape index (κ1) is 21.2. The number of halogens is 2. The van der Waals surface area contributed by atoms with Crippen LogP contribution >= 0.6 is 11.6 Å². The fourth-order valence-corrected chi connectivity index (χ4v) is 3.80. The van der Waals surface area contributed by atoms with Crippen LogP contribution < -0.4 is 4.90 Å². The molecule has 160 valence electrons. The lowest BCUT2D eigenvalue weighted by molar-refractivity contribution is -0.384. The van der Waals surface area contributed by atoms with Crippen LogP contribution in [0.3, 0.4) is 0 Å². The Morgan fingerprint density at radius 2 is 1.72 bits per heavy atom. The highest BCUT2D eigenvalue weighted by atomic mass is 35.5. The minimum Gasteiger partial charge on any atom is -0.507 e. The highest BCUT2D eigenvalue weighted by molar-refractivity contribution is 6.51. The van der Waals surface area contributed by atoms with Gasteiger partial charge in [0.2, 0.25) is 0 Å². The second-order valence-corrected chi connectivity index (χ2v) is 7.41. The first-order valence-corrected chi connectivity index (χ1v) is 9.73. The summed E-state index contributed by atoms with van der Waals surface area (Å²) in [6.45, 7) is 0. The molecule has 0 aromatic heterocycles. The van der Waals surface area contributed by atoms with Crippen molar-refractivity contribution in [3.63, 3.8) is 0 Å². The van der Waals surface area contributed by atoms with E-state index < -0.39 is 34.2 Å². The lowest BCUT2D eigenvalue weighted by Crippen LogP contribution is -2.29. The molecule has 1 saturated heterocycles. The van der Waals surface area contributed by atoms with E-state index in [9.17, 15) is 29.2 Å². The van der Waals surface area contributed by atoms with Crippen molar-refractivity contribution >= 4 is 40.4 Å². The van der Waals surface area contributed by atoms with Gasteiger partial charge in [-0.3, -0.25) is 24.6 Å². The fraction of sp³-hybridized carbons (Fsp3) is 0.0435. The molecular weight excluding hydrogens is 439 g/mol. The number of carbonyl (C=O) groups is 2. The Labute approximate surface area is 186 Å². The summed E-state index contributed by atoms with van der Waals surface area (Å²) in [6.07, 6.45) is 0. The van der Waals surface area contributed by atoms with E-state index in [0.717, 1.165) is 17.0 Å². The van der Waals surface area contributed by atoms with E-state index in [1.54, 1.807) is 18.2 Å². The van der Waals surface area contributed by atoms with Gasteiger partial charge in [-0.1, -0.05) is 35.9 Å². The van der Waals surface area contributed by atoms with Crippen LogP contribution in [0.1, 0.15) is 17.2 Å². The SMILES string of the molecule is O=C1C(=O)N(c2cccc(Cl)c2)C(c2ccccc2F)/C1=C(\O)c1ccc([N+](=O)[O-])cc1. The molecule has 0 spiro atoms. The molecule has 1 heterocycles. The number of nitrogens with zero attached hydrogens (tertiary/aromatic N) is 2. The maximum Gasteiger partial charge on any atom is 0.300 e. The number of benzene rings is 3. The van der Waals surface area contributed by atoms with Gasteiger partial charge in [0, 0.05) is 34.0 Å². The Bertz CT molecular complexity index is 1290. The number of aliphatic hydroxyl groups excluding tert-OH is 1. The molecule has 1 N–H and O–H groups in total. The highest BCUT2D eigenvalue weighted by Gasteiger charge is 2.47. The molecule has 7 nitrogen and oxygen atoms in total. The van der Waals surface area contributed by atoms with E-state index in [4.69, 9.17) is 11.6 Å². The Kier molecular flexibility index (Phi) is 5.46. The van der Waals surface area contributed by atoms with Crippen molar-refractivity contribution in [2.24, 2.45) is 0 Å². The second kappa shape index (κ2) is 8.24. The van der Waals surface area contributed by atoms with Gasteiger partial charge in [0.05, 0.1) is 16.5 Å². The molecule has 9 heteroatoms. The summed E-state index contributed by atoms with van der Waals surface area (Å²) in [4.78, 5) is 37.3. The zero-order chi connectivity index (χ0) is 23.0. The molecule has 1 atom stereocenters. The molecule has 0 bridgehead atoms. The van der Waals surface area contributed by atoms with Gasteiger partial charge in [-0.2, -0.15) is 0 Å². The largest absolute Gasteiger partial charge is 0.507 e. The van der Waals surface area contributed by atoms with Crippen molar-refractivity contribution in [1.82, 2.24) is 0 Å². The van der Waals surface area contributed by atoms with Gasteiger partial charge < -0.3 is 5.11 Å². The lowest BCUT2D eigenvalue weighted by atomic mass is 9.94. The maximum atomic E-state index is 14.8. The standard InChI is InChI=1S/C23H14ClFN2O5/c24-14-4-3-5-16(12-14)26-20(17-6-1-2-7-18(17)25)19(22(29)23(26)30)21(28)13-8-10-15(11-9-13)27(31)32/h1-12,20,28H/b21-19+. The molecule has 0 aliphatic carbocycles. The third-order valence-corrected chi connectivity index (χ3v) is 5.32. The highest BCUT2D eigenvalue weighted by Crippen LogP contribution is 2.43. The van der Waals surface area contributed by atoms with Crippen LogP contribution in [0.15, 0.2) is 78.4 Å². The number of carbonyl (C=O) groups excluding carboxylic acids is 2. The summed E-state index contributed by atoms with van der Waals surface area (Å²) in [5.74, 6) is -3.24. The van der Waals surface area contributed by atoms with Crippen LogP contribution in [0.5, 0.6) is 0 Å². The van der Waals surface area contributed by atoms with Crippen molar-refractivity contribution in [1.29, 1.82) is 0 Å². The molecule has 3 aromatic carbocycles. The number of rotatable bonds is 4. The van der Waals surface area contributed by atoms with Gasteiger partial charge >= 0.3 is 0 Å². The summed E-state index contributed by atoms with van der Waals surface area (Å²) in [6, 6.07) is 15.3. The predicted octanol–water partition coefficient (Wildman–Crippen LogP) is 5.01. The maximum absolute atomic E-state index is 14.8. The summed E-state index contributed by atoms with van der Waals surface area (Å²) in [7, 11) is 0. The summed E-state index contributed by atoms with van der Waals surface area (Å²) < 4.78 is 14.8. The molecule has 0 saturated carbocycles. The first-order chi connectivity index (χ1) is 15.3. The molecule has 3 aromatic rings. The second-order valence-electron chi connectivity index (χ2n) is 6.97. The van der Waals surface area contributed by atoms with E-state index in [1.165, 1.54) is 42.5 Å². The van der Waals surface area contributed by atoms with Crippen LogP contribution in [0.25, 0.3) is 5.76 Å². The fourth-order valence-electron chi connectivity index (χ4n) is 3.61. The van der Waals surface area contributed by atoms with Crippen molar-refractivity contribution in [3.8, 4) is 0 Å². The zero-order valence-electron chi connectivity index (χ0n) is 16.2. The average molecular weight is 453 g/mol. The third-order valence-electron chi connectivity index (χ3n) is 5.08. The molecule has 1 unspecified atom stereocenters. The zero-order valence-corrected chi connectivity index (χ0v) is 17.0. The first-order valence-electron chi connectivity index (χ1n) is 9.35. The van der Waals surface area contributed by atoms with Crippen molar-refractivity contribution in [2.75, 3.05) is 4.90 Å². The molecule has 32 heavy (non-hydrogen) atoms. The molecule has 1 aliphatic heterocycles. The van der Waals surface area contributed by atoms with Crippen molar-refractivity contribution < 1.29 is 24.0 Å². The van der Waals surface area contributed by atoms with E-state index in [0.29, 0.717) is 5.02 Å². The van der Waals surface area contributed by atoms with Crippen LogP contribution in [-0.2, 0) is 9.59 Å². The van der Waals surface area contributed by atoms with Gasteiger partial charge in [0.15, 0.2) is 0 Å². The predicted molar refractivity (Wildman–Crippen MR) is 116 cm³/mol. The van der Waals surface area contributed by atoms with Crippen LogP contribution in [0.4, 0.5) is 15.8 Å². The van der Waals surface area contributed by atoms with Gasteiger partial charge in [0.1, 0.15) is 11.6 Å². The number of amides is 1. The summed E-state index contributed by atoms with van der Waals surface area (Å²) in [5.41, 5.74) is -0.243. The number of aliphatic hydroxyl groups is 1. The minimum atomic E-state index is -1.27. The van der Waals surface area contributed by atoms with Crippen LogP contribution in [0.2, 0.25) is 5.02 Å². The van der Waals surface area contributed by atoms with E-state index >= 15 is 0 Å². The van der Waals surface area contributed by atoms with Crippen LogP contribution in [0, 0.1) is 15.9 Å². The molecule has 0 radical (unpaired) electrons. The Morgan fingerprint density at radius 1 is 1.03 bits per heavy atom. The van der Waals surface area contributed by atoms with Gasteiger partial charge in [0.25, 0.3) is 17.4 Å². The number of nitro groups is 1. The summed E-state index contributed by atoms with van der Waals surface area (Å²) >= 11 is 6.05. The quantitative estimate of drug-likeness (QED) is 0.197. The number of nitro benzene ring substituents is 1. The topological polar surface area (TPSA) is 101 Å². The number of hydrogen-bond donors (Lipinski definition) is 1. The van der Waals surface area contributed by atoms with Crippen molar-refractivity contribution in [3.05, 3.63) is 110 Å². The number of Topliss-reactive ketones (excluding diaryl/α,β-unsaturated/α-hetero) is 1. The normalized spacial score (nSPS) is 17.6. The van der Waals surface area contributed by atoms with Crippen LogP contribution in [-0.4, -0.2) is 21.7 Å². The number of ketones is 1. The van der Waals surface area contributed by atoms with E-state index in [2.05, 4.69) is 0 Å². The monoisotopic (exact) mass is 452 g/mol. The molecule has 1 fully saturated rings. The lowest BCUT2D eigenvalue weighted by Gasteiger charge is -2.25. The Hall–Kier alpha value is -4.04. The number of anilines is 1. The van der Waals surface area contributed by atoms with Gasteiger partial charge in [-0.25, -0.2) is 4.39 Å². The Morgan fingerprint density at radius 3 is 2.34 bits per heavy atom. The molecular formula is C23H14ClFN2O5. The third kappa shape index (κ3) is 3.61. The number of hydrogen-bond acceptors (Lipinski definition) is 5. The molecule has 1 amide bonds. The minimum absolute atomic E-state index is 0.00450. The van der Waals surface area contributed by atoms with E-state index in [-0.39, 0.29) is 28.1 Å². The van der Waals surface area contributed by atoms with Crippen molar-refractivity contribution in [2.45, 2.75) is 6.04 Å². The average Bonchev–Trinajstić information content (AvgIpc) is 3.04. The summed E-state index contributed by atoms with van der Waals surface area (Å²) in [5, 5.41) is 22.1. The number of non-ortho nitro benzene ring substituents is 1.